The maximum absolute atomic E-state index is 6.22. The summed E-state index contributed by atoms with van der Waals surface area (Å²) >= 11 is 0. The van der Waals surface area contributed by atoms with Crippen LogP contribution in [-0.2, 0) is 9.57 Å². The van der Waals surface area contributed by atoms with Crippen LogP contribution in [0, 0.1) is 17.8 Å². The van der Waals surface area contributed by atoms with Gasteiger partial charge in [-0.2, -0.15) is 5.48 Å². The molecule has 0 aromatic rings. The van der Waals surface area contributed by atoms with E-state index >= 15 is 0 Å². The molecule has 188 valence electrons. The fourth-order valence-corrected chi connectivity index (χ4v) is 7.69. The third-order valence-electron chi connectivity index (χ3n) is 9.52. The predicted molar refractivity (Wildman–Crippen MR) is 128 cm³/mol. The summed E-state index contributed by atoms with van der Waals surface area (Å²) < 4.78 is 5.56. The lowest BCUT2D eigenvalue weighted by atomic mass is 9.76. The predicted octanol–water partition coefficient (Wildman–Crippen LogP) is 1.05. The number of hydrogen-bond acceptors (Lipinski definition) is 8. The summed E-state index contributed by atoms with van der Waals surface area (Å²) in [6.07, 6.45) is 12.9. The Bertz CT molecular complexity index is 634. The molecule has 6 rings (SSSR count). The number of nitrogens with one attached hydrogen (secondary N) is 4. The van der Waals surface area contributed by atoms with Crippen molar-refractivity contribution in [2.45, 2.75) is 88.4 Å². The summed E-state index contributed by atoms with van der Waals surface area (Å²) in [6.45, 7) is 8.58. The Hall–Kier alpha value is -0.320. The molecule has 0 amide bonds. The number of rotatable bonds is 5. The van der Waals surface area contributed by atoms with Gasteiger partial charge in [-0.1, -0.05) is 12.8 Å². The zero-order valence-corrected chi connectivity index (χ0v) is 20.4. The van der Waals surface area contributed by atoms with E-state index < -0.39 is 0 Å². The molecule has 5 aliphatic heterocycles. The molecule has 4 N–H and O–H groups in total. The molecule has 1 saturated carbocycles. The molecule has 8 nitrogen and oxygen atoms in total. The summed E-state index contributed by atoms with van der Waals surface area (Å²) in [5, 5.41) is 11.5. The van der Waals surface area contributed by atoms with Crippen LogP contribution in [0.2, 0.25) is 0 Å². The van der Waals surface area contributed by atoms with Crippen LogP contribution in [0.3, 0.4) is 0 Å². The molecule has 8 heteroatoms. The van der Waals surface area contributed by atoms with Gasteiger partial charge >= 0.3 is 0 Å². The van der Waals surface area contributed by atoms with Gasteiger partial charge in [0.2, 0.25) is 0 Å². The van der Waals surface area contributed by atoms with E-state index in [9.17, 15) is 0 Å². The second-order valence-electron chi connectivity index (χ2n) is 11.6. The van der Waals surface area contributed by atoms with E-state index in [2.05, 4.69) is 31.2 Å². The standard InChI is InChI=1S/C25H46N6O2/c1-2-5-21-19(4-1)14-18(16-27-21)17-31-9-3-6-22(31)25-28-24(29-33-25)20-7-8-26-23(15-20)30-10-12-32-13-11-30/h18-29H,1-17H2. The smallest absolute Gasteiger partial charge is 0.146 e. The zero-order valence-electron chi connectivity index (χ0n) is 20.4. The third kappa shape index (κ3) is 5.28. The number of likely N-dealkylation sites (tertiary alicyclic amines) is 1. The molecule has 6 fully saturated rings. The second kappa shape index (κ2) is 10.7. The van der Waals surface area contributed by atoms with Crippen molar-refractivity contribution >= 4 is 0 Å². The maximum atomic E-state index is 6.22. The number of hydroxylamine groups is 1. The molecule has 0 spiro atoms. The van der Waals surface area contributed by atoms with E-state index in [0.29, 0.717) is 18.1 Å². The molecule has 0 aromatic carbocycles. The van der Waals surface area contributed by atoms with Crippen molar-refractivity contribution in [1.29, 1.82) is 0 Å². The molecule has 1 aliphatic carbocycles. The van der Waals surface area contributed by atoms with Gasteiger partial charge in [-0.3, -0.25) is 20.0 Å². The van der Waals surface area contributed by atoms with Gasteiger partial charge in [0.1, 0.15) is 6.23 Å². The normalized spacial score (nSPS) is 45.8. The van der Waals surface area contributed by atoms with E-state index in [1.165, 1.54) is 77.4 Å². The van der Waals surface area contributed by atoms with Crippen LogP contribution in [0.1, 0.15) is 57.8 Å². The Morgan fingerprint density at radius 1 is 0.848 bits per heavy atom. The minimum atomic E-state index is 0.119. The van der Waals surface area contributed by atoms with Crippen molar-refractivity contribution in [3.63, 3.8) is 0 Å². The first-order valence-electron chi connectivity index (χ1n) is 14.0. The third-order valence-corrected chi connectivity index (χ3v) is 9.52. The highest BCUT2D eigenvalue weighted by Gasteiger charge is 2.42. The number of nitrogens with zero attached hydrogens (tertiary/aromatic N) is 2. The van der Waals surface area contributed by atoms with Gasteiger partial charge in [0.05, 0.1) is 31.6 Å². The second-order valence-corrected chi connectivity index (χ2v) is 11.6. The van der Waals surface area contributed by atoms with Crippen molar-refractivity contribution in [3.05, 3.63) is 0 Å². The van der Waals surface area contributed by atoms with Crippen molar-refractivity contribution < 1.29 is 9.57 Å². The number of morpholine rings is 1. The Labute approximate surface area is 199 Å². The molecule has 5 saturated heterocycles. The summed E-state index contributed by atoms with van der Waals surface area (Å²) in [5.41, 5.74) is 3.42. The molecule has 5 heterocycles. The van der Waals surface area contributed by atoms with E-state index in [4.69, 9.17) is 9.57 Å². The summed E-state index contributed by atoms with van der Waals surface area (Å²) in [6, 6.07) is 1.31. The van der Waals surface area contributed by atoms with Crippen LogP contribution in [0.15, 0.2) is 0 Å². The van der Waals surface area contributed by atoms with E-state index in [-0.39, 0.29) is 12.4 Å². The lowest BCUT2D eigenvalue weighted by Crippen LogP contribution is -2.57. The van der Waals surface area contributed by atoms with E-state index in [1.54, 1.807) is 0 Å². The SMILES string of the molecule is C1CCC2NCC(CN3CCCC3C3NC(C4CCNC(N5CCOCC5)C4)NO3)CC2C1. The maximum Gasteiger partial charge on any atom is 0.146 e. The average Bonchev–Trinajstić information content (AvgIpc) is 3.54. The summed E-state index contributed by atoms with van der Waals surface area (Å²) in [4.78, 5) is 11.5. The van der Waals surface area contributed by atoms with Crippen molar-refractivity contribution in [2.24, 2.45) is 17.8 Å². The fourth-order valence-electron chi connectivity index (χ4n) is 7.69. The minimum absolute atomic E-state index is 0.119. The van der Waals surface area contributed by atoms with Crippen molar-refractivity contribution in [3.8, 4) is 0 Å². The van der Waals surface area contributed by atoms with Crippen LogP contribution < -0.4 is 21.4 Å². The monoisotopic (exact) mass is 462 g/mol. The lowest BCUT2D eigenvalue weighted by Gasteiger charge is -2.42. The molecule has 8 atom stereocenters. The lowest BCUT2D eigenvalue weighted by molar-refractivity contribution is -0.0313. The van der Waals surface area contributed by atoms with Crippen molar-refractivity contribution in [2.75, 3.05) is 52.5 Å². The molecule has 33 heavy (non-hydrogen) atoms. The van der Waals surface area contributed by atoms with Crippen LogP contribution >= 0.6 is 0 Å². The number of piperidine rings is 2. The molecule has 6 aliphatic rings. The van der Waals surface area contributed by atoms with Gasteiger partial charge in [0, 0.05) is 25.7 Å². The Balaban J connectivity index is 1.01. The van der Waals surface area contributed by atoms with Crippen LogP contribution in [0.5, 0.6) is 0 Å². The molecule has 0 radical (unpaired) electrons. The van der Waals surface area contributed by atoms with Crippen molar-refractivity contribution in [1.82, 2.24) is 31.2 Å². The van der Waals surface area contributed by atoms with Gasteiger partial charge < -0.3 is 15.4 Å². The van der Waals surface area contributed by atoms with Crippen LogP contribution in [-0.4, -0.2) is 92.9 Å². The summed E-state index contributed by atoms with van der Waals surface area (Å²) in [5.74, 6) is 2.32. The highest BCUT2D eigenvalue weighted by molar-refractivity contribution is 4.94. The van der Waals surface area contributed by atoms with Gasteiger partial charge in [-0.25, -0.2) is 0 Å². The van der Waals surface area contributed by atoms with Gasteiger partial charge in [-0.15, -0.1) is 0 Å². The first-order valence-corrected chi connectivity index (χ1v) is 14.0. The van der Waals surface area contributed by atoms with Crippen LogP contribution in [0.25, 0.3) is 0 Å². The number of ether oxygens (including phenoxy) is 1. The first-order chi connectivity index (χ1) is 16.3. The molecular weight excluding hydrogens is 416 g/mol. The quantitative estimate of drug-likeness (QED) is 0.483. The van der Waals surface area contributed by atoms with Gasteiger partial charge in [-0.05, 0) is 82.3 Å². The molecular formula is C25H46N6O2. The minimum Gasteiger partial charge on any atom is -0.379 e. The number of fused-ring (bicyclic) bond motifs is 1. The zero-order chi connectivity index (χ0) is 22.0. The molecule has 0 bridgehead atoms. The van der Waals surface area contributed by atoms with Crippen LogP contribution in [0.4, 0.5) is 0 Å². The topological polar surface area (TPSA) is 73.1 Å². The Morgan fingerprint density at radius 2 is 1.76 bits per heavy atom. The average molecular weight is 463 g/mol. The fraction of sp³-hybridized carbons (Fsp3) is 1.00. The van der Waals surface area contributed by atoms with E-state index in [1.807, 2.05) is 0 Å². The summed E-state index contributed by atoms with van der Waals surface area (Å²) in [7, 11) is 0. The Morgan fingerprint density at radius 3 is 2.70 bits per heavy atom. The highest BCUT2D eigenvalue weighted by Crippen LogP contribution is 2.34. The first kappa shape index (κ1) is 23.1. The Kier molecular flexibility index (Phi) is 7.52. The van der Waals surface area contributed by atoms with Gasteiger partial charge in [0.15, 0.2) is 0 Å². The molecule has 0 aromatic heterocycles. The largest absolute Gasteiger partial charge is 0.379 e. The highest BCUT2D eigenvalue weighted by atomic mass is 16.7. The van der Waals surface area contributed by atoms with Gasteiger partial charge in [0.25, 0.3) is 0 Å². The number of hydrogen-bond donors (Lipinski definition) is 4. The molecule has 8 unspecified atom stereocenters. The van der Waals surface area contributed by atoms with E-state index in [0.717, 1.165) is 50.7 Å².